The van der Waals surface area contributed by atoms with Gasteiger partial charge in [0.1, 0.15) is 5.01 Å². The summed E-state index contributed by atoms with van der Waals surface area (Å²) in [6, 6.07) is 9.94. The van der Waals surface area contributed by atoms with Crippen molar-refractivity contribution in [2.45, 2.75) is 32.5 Å². The standard InChI is InChI=1S/C20H23F3N6S/c1-14-15(12-29(28-14)16-8-4-3-5-9-16)7-6-10-25-19(24-2)26-11-18-27-17(13-30-18)20(21,22)23/h3-5,8-9,12-13H,6-7,10-11H2,1-2H3,(H2,24,25,26). The number of halogens is 3. The number of aromatic nitrogens is 3. The summed E-state index contributed by atoms with van der Waals surface area (Å²) in [7, 11) is 1.62. The zero-order valence-electron chi connectivity index (χ0n) is 16.7. The molecular formula is C20H23F3N6S. The first-order valence-electron chi connectivity index (χ1n) is 9.43. The first-order valence-corrected chi connectivity index (χ1v) is 10.3. The monoisotopic (exact) mass is 436 g/mol. The van der Waals surface area contributed by atoms with Crippen LogP contribution in [0.25, 0.3) is 5.69 Å². The van der Waals surface area contributed by atoms with Crippen molar-refractivity contribution in [3.8, 4) is 5.69 Å². The molecule has 160 valence electrons. The molecule has 0 bridgehead atoms. The molecule has 2 heterocycles. The Hall–Kier alpha value is -2.88. The third-order valence-corrected chi connectivity index (χ3v) is 5.26. The van der Waals surface area contributed by atoms with Gasteiger partial charge >= 0.3 is 6.18 Å². The molecule has 0 saturated carbocycles. The number of para-hydroxylation sites is 1. The van der Waals surface area contributed by atoms with Gasteiger partial charge in [-0.25, -0.2) is 9.67 Å². The van der Waals surface area contributed by atoms with Crippen LogP contribution in [-0.2, 0) is 19.1 Å². The number of guanidine groups is 1. The van der Waals surface area contributed by atoms with Gasteiger partial charge in [-0.05, 0) is 37.5 Å². The first-order chi connectivity index (χ1) is 14.4. The molecule has 0 radical (unpaired) electrons. The number of aryl methyl sites for hydroxylation is 2. The Bertz CT molecular complexity index is 978. The number of hydrogen-bond acceptors (Lipinski definition) is 4. The molecule has 2 N–H and O–H groups in total. The van der Waals surface area contributed by atoms with E-state index in [0.717, 1.165) is 40.9 Å². The van der Waals surface area contributed by atoms with Crippen LogP contribution in [0, 0.1) is 6.92 Å². The normalized spacial score (nSPS) is 12.2. The third kappa shape index (κ3) is 5.82. The van der Waals surface area contributed by atoms with Crippen LogP contribution in [0.3, 0.4) is 0 Å². The molecule has 0 fully saturated rings. The average Bonchev–Trinajstić information content (AvgIpc) is 3.35. The molecule has 1 aromatic carbocycles. The summed E-state index contributed by atoms with van der Waals surface area (Å²) in [5.74, 6) is 0.524. The Labute approximate surface area is 176 Å². The minimum atomic E-state index is -4.42. The van der Waals surface area contributed by atoms with Crippen molar-refractivity contribution in [2.75, 3.05) is 13.6 Å². The Morgan fingerprint density at radius 3 is 2.63 bits per heavy atom. The minimum absolute atomic E-state index is 0.184. The highest BCUT2D eigenvalue weighted by Crippen LogP contribution is 2.29. The van der Waals surface area contributed by atoms with Gasteiger partial charge in [-0.3, -0.25) is 4.99 Å². The predicted octanol–water partition coefficient (Wildman–Crippen LogP) is 3.95. The summed E-state index contributed by atoms with van der Waals surface area (Å²) in [5.41, 5.74) is 2.32. The van der Waals surface area contributed by atoms with Gasteiger partial charge in [-0.2, -0.15) is 18.3 Å². The lowest BCUT2D eigenvalue weighted by Gasteiger charge is -2.10. The number of thiazole rings is 1. The number of nitrogens with one attached hydrogen (secondary N) is 2. The van der Waals surface area contributed by atoms with Crippen molar-refractivity contribution in [1.29, 1.82) is 0 Å². The lowest BCUT2D eigenvalue weighted by atomic mass is 10.1. The van der Waals surface area contributed by atoms with Gasteiger partial charge < -0.3 is 10.6 Å². The van der Waals surface area contributed by atoms with E-state index < -0.39 is 11.9 Å². The first kappa shape index (κ1) is 21.8. The smallest absolute Gasteiger partial charge is 0.356 e. The molecule has 30 heavy (non-hydrogen) atoms. The molecule has 0 amide bonds. The van der Waals surface area contributed by atoms with Gasteiger partial charge in [-0.1, -0.05) is 18.2 Å². The molecule has 3 aromatic rings. The van der Waals surface area contributed by atoms with Gasteiger partial charge in [0, 0.05) is 25.2 Å². The van der Waals surface area contributed by atoms with Gasteiger partial charge in [0.25, 0.3) is 0 Å². The minimum Gasteiger partial charge on any atom is -0.356 e. The second-order valence-electron chi connectivity index (χ2n) is 6.60. The van der Waals surface area contributed by atoms with E-state index in [-0.39, 0.29) is 6.54 Å². The lowest BCUT2D eigenvalue weighted by molar-refractivity contribution is -0.140. The number of benzene rings is 1. The maximum absolute atomic E-state index is 12.6. The zero-order chi connectivity index (χ0) is 21.6. The molecule has 2 aromatic heterocycles. The van der Waals surface area contributed by atoms with E-state index in [2.05, 4.69) is 25.7 Å². The van der Waals surface area contributed by atoms with Gasteiger partial charge in [0.15, 0.2) is 11.7 Å². The van der Waals surface area contributed by atoms with Crippen molar-refractivity contribution >= 4 is 17.3 Å². The Morgan fingerprint density at radius 1 is 1.20 bits per heavy atom. The maximum Gasteiger partial charge on any atom is 0.434 e. The number of rotatable bonds is 7. The Morgan fingerprint density at radius 2 is 1.97 bits per heavy atom. The lowest BCUT2D eigenvalue weighted by Crippen LogP contribution is -2.37. The molecular weight excluding hydrogens is 413 g/mol. The molecule has 0 aliphatic rings. The Kier molecular flexibility index (Phi) is 7.09. The number of aliphatic imine (C=N–C) groups is 1. The predicted molar refractivity (Wildman–Crippen MR) is 112 cm³/mol. The van der Waals surface area contributed by atoms with Crippen molar-refractivity contribution in [3.63, 3.8) is 0 Å². The van der Waals surface area contributed by atoms with Crippen LogP contribution in [0.4, 0.5) is 13.2 Å². The molecule has 6 nitrogen and oxygen atoms in total. The largest absolute Gasteiger partial charge is 0.434 e. The van der Waals surface area contributed by atoms with Crippen LogP contribution in [0.5, 0.6) is 0 Å². The Balaban J connectivity index is 1.44. The van der Waals surface area contributed by atoms with Crippen LogP contribution < -0.4 is 10.6 Å². The fraction of sp³-hybridized carbons (Fsp3) is 0.350. The summed E-state index contributed by atoms with van der Waals surface area (Å²) in [6.07, 6.45) is -0.666. The molecule has 3 rings (SSSR count). The van der Waals surface area contributed by atoms with E-state index in [9.17, 15) is 13.2 Å². The molecule has 0 spiro atoms. The average molecular weight is 437 g/mol. The van der Waals surface area contributed by atoms with Crippen molar-refractivity contribution in [1.82, 2.24) is 25.4 Å². The van der Waals surface area contributed by atoms with Crippen LogP contribution in [0.1, 0.15) is 28.4 Å². The highest BCUT2D eigenvalue weighted by Gasteiger charge is 2.33. The van der Waals surface area contributed by atoms with Gasteiger partial charge in [0.05, 0.1) is 17.9 Å². The summed E-state index contributed by atoms with van der Waals surface area (Å²) >= 11 is 0.971. The quantitative estimate of drug-likeness (QED) is 0.334. The molecule has 0 aliphatic carbocycles. The fourth-order valence-corrected chi connectivity index (χ4v) is 3.58. The SMILES string of the molecule is CN=C(NCCCc1cn(-c2ccccc2)nc1C)NCc1nc(C(F)(F)F)cs1. The molecule has 0 atom stereocenters. The molecule has 0 aliphatic heterocycles. The van der Waals surface area contributed by atoms with E-state index in [1.165, 1.54) is 5.56 Å². The highest BCUT2D eigenvalue weighted by atomic mass is 32.1. The second kappa shape index (κ2) is 9.75. The molecule has 0 unspecified atom stereocenters. The summed E-state index contributed by atoms with van der Waals surface area (Å²) in [4.78, 5) is 7.70. The van der Waals surface area contributed by atoms with Crippen LogP contribution in [0.15, 0.2) is 46.9 Å². The number of nitrogens with zero attached hydrogens (tertiary/aromatic N) is 4. The summed E-state index contributed by atoms with van der Waals surface area (Å²) < 4.78 is 39.7. The number of alkyl halides is 3. The van der Waals surface area contributed by atoms with E-state index in [1.807, 2.05) is 48.1 Å². The summed E-state index contributed by atoms with van der Waals surface area (Å²) in [6.45, 7) is 2.84. The summed E-state index contributed by atoms with van der Waals surface area (Å²) in [5, 5.41) is 12.1. The number of hydrogen-bond donors (Lipinski definition) is 2. The van der Waals surface area contributed by atoms with Crippen LogP contribution in [-0.4, -0.2) is 34.3 Å². The second-order valence-corrected chi connectivity index (χ2v) is 7.54. The van der Waals surface area contributed by atoms with Gasteiger partial charge in [-0.15, -0.1) is 11.3 Å². The fourth-order valence-electron chi connectivity index (χ4n) is 2.84. The molecule has 10 heteroatoms. The van der Waals surface area contributed by atoms with E-state index in [0.29, 0.717) is 17.5 Å². The van der Waals surface area contributed by atoms with E-state index >= 15 is 0 Å². The van der Waals surface area contributed by atoms with Crippen LogP contribution >= 0.6 is 11.3 Å². The van der Waals surface area contributed by atoms with E-state index in [1.54, 1.807) is 7.05 Å². The maximum atomic E-state index is 12.6. The van der Waals surface area contributed by atoms with Crippen molar-refractivity contribution < 1.29 is 13.2 Å². The van der Waals surface area contributed by atoms with Crippen LogP contribution in [0.2, 0.25) is 0 Å². The van der Waals surface area contributed by atoms with Crippen molar-refractivity contribution in [3.05, 3.63) is 63.9 Å². The third-order valence-electron chi connectivity index (χ3n) is 4.41. The highest BCUT2D eigenvalue weighted by molar-refractivity contribution is 7.09. The topological polar surface area (TPSA) is 67.1 Å². The van der Waals surface area contributed by atoms with Gasteiger partial charge in [0.2, 0.25) is 0 Å². The molecule has 0 saturated heterocycles. The zero-order valence-corrected chi connectivity index (χ0v) is 17.5. The van der Waals surface area contributed by atoms with Crippen molar-refractivity contribution in [2.24, 2.45) is 4.99 Å². The van der Waals surface area contributed by atoms with E-state index in [4.69, 9.17) is 0 Å².